The van der Waals surface area contributed by atoms with Crippen LogP contribution in [-0.4, -0.2) is 55.0 Å². The van der Waals surface area contributed by atoms with Crippen LogP contribution in [0, 0.1) is 0 Å². The van der Waals surface area contributed by atoms with Crippen molar-refractivity contribution in [2.24, 2.45) is 0 Å². The zero-order valence-corrected chi connectivity index (χ0v) is 13.1. The third-order valence-corrected chi connectivity index (χ3v) is 4.71. The summed E-state index contributed by atoms with van der Waals surface area (Å²) in [7, 11) is 0. The Morgan fingerprint density at radius 3 is 2.43 bits per heavy atom. The van der Waals surface area contributed by atoms with E-state index in [2.05, 4.69) is 24.1 Å². The molecule has 1 heterocycles. The van der Waals surface area contributed by atoms with E-state index in [9.17, 15) is 13.2 Å². The molecule has 1 N–H and O–H groups in total. The molecule has 0 aromatic heterocycles. The first-order valence-electron chi connectivity index (χ1n) is 7.87. The van der Waals surface area contributed by atoms with Gasteiger partial charge < -0.3 is 10.1 Å². The Kier molecular flexibility index (Phi) is 5.21. The Morgan fingerprint density at radius 2 is 1.81 bits per heavy atom. The summed E-state index contributed by atoms with van der Waals surface area (Å²) in [5, 5.41) is 3.60. The fourth-order valence-electron chi connectivity index (χ4n) is 3.60. The molecule has 2 fully saturated rings. The minimum absolute atomic E-state index is 0.00667. The first-order valence-corrected chi connectivity index (χ1v) is 7.87. The van der Waals surface area contributed by atoms with Crippen LogP contribution in [0.15, 0.2) is 0 Å². The molecule has 0 aromatic carbocycles. The van der Waals surface area contributed by atoms with Gasteiger partial charge in [-0.05, 0) is 26.7 Å². The van der Waals surface area contributed by atoms with Crippen molar-refractivity contribution in [3.05, 3.63) is 0 Å². The van der Waals surface area contributed by atoms with Gasteiger partial charge in [0.2, 0.25) is 0 Å². The van der Waals surface area contributed by atoms with Crippen LogP contribution in [0.3, 0.4) is 0 Å². The van der Waals surface area contributed by atoms with Gasteiger partial charge in [-0.1, -0.05) is 19.3 Å². The van der Waals surface area contributed by atoms with Crippen molar-refractivity contribution in [2.75, 3.05) is 32.8 Å². The maximum Gasteiger partial charge on any atom is 0.411 e. The van der Waals surface area contributed by atoms with E-state index in [0.717, 1.165) is 25.9 Å². The fraction of sp³-hybridized carbons (Fsp3) is 1.00. The van der Waals surface area contributed by atoms with Crippen LogP contribution >= 0.6 is 0 Å². The van der Waals surface area contributed by atoms with E-state index < -0.39 is 12.8 Å². The third-order valence-electron chi connectivity index (χ3n) is 4.71. The molecule has 6 heteroatoms. The van der Waals surface area contributed by atoms with Gasteiger partial charge in [-0.25, -0.2) is 0 Å². The maximum atomic E-state index is 12.1. The standard InChI is InChI=1S/C15H27F3N2O/c1-13(2)11-20(8-9-21-12-15(16,17)18)14(10-19-13)6-4-3-5-7-14/h19H,3-12H2,1-2H3. The highest BCUT2D eigenvalue weighted by Gasteiger charge is 2.44. The van der Waals surface area contributed by atoms with E-state index in [1.54, 1.807) is 0 Å². The van der Waals surface area contributed by atoms with Crippen molar-refractivity contribution < 1.29 is 17.9 Å². The molecular weight excluding hydrogens is 281 g/mol. The Labute approximate surface area is 125 Å². The number of rotatable bonds is 4. The molecule has 0 aromatic rings. The van der Waals surface area contributed by atoms with Crippen LogP contribution in [0.4, 0.5) is 13.2 Å². The Bertz CT molecular complexity index is 338. The van der Waals surface area contributed by atoms with Crippen molar-refractivity contribution in [3.63, 3.8) is 0 Å². The molecule has 0 unspecified atom stereocenters. The number of nitrogens with zero attached hydrogens (tertiary/aromatic N) is 1. The van der Waals surface area contributed by atoms with Gasteiger partial charge in [-0.2, -0.15) is 13.2 Å². The molecule has 1 saturated heterocycles. The lowest BCUT2D eigenvalue weighted by atomic mass is 9.77. The second-order valence-corrected chi connectivity index (χ2v) is 7.11. The molecule has 3 nitrogen and oxygen atoms in total. The summed E-state index contributed by atoms with van der Waals surface area (Å²) in [5.74, 6) is 0. The summed E-state index contributed by atoms with van der Waals surface area (Å²) in [5.41, 5.74) is 0.127. The summed E-state index contributed by atoms with van der Waals surface area (Å²) in [6, 6.07) is 0. The van der Waals surface area contributed by atoms with Crippen LogP contribution in [0.5, 0.6) is 0 Å². The smallest absolute Gasteiger partial charge is 0.371 e. The lowest BCUT2D eigenvalue weighted by Gasteiger charge is -2.54. The summed E-state index contributed by atoms with van der Waals surface area (Å²) < 4.78 is 41.2. The van der Waals surface area contributed by atoms with E-state index >= 15 is 0 Å². The largest absolute Gasteiger partial charge is 0.411 e. The minimum Gasteiger partial charge on any atom is -0.371 e. The highest BCUT2D eigenvalue weighted by Crippen LogP contribution is 2.36. The zero-order valence-electron chi connectivity index (χ0n) is 13.1. The van der Waals surface area contributed by atoms with E-state index in [-0.39, 0.29) is 17.7 Å². The topological polar surface area (TPSA) is 24.5 Å². The van der Waals surface area contributed by atoms with E-state index in [4.69, 9.17) is 4.74 Å². The Balaban J connectivity index is 1.91. The van der Waals surface area contributed by atoms with Gasteiger partial charge in [0.1, 0.15) is 6.61 Å². The predicted octanol–water partition coefficient (Wildman–Crippen LogP) is 2.95. The minimum atomic E-state index is -4.23. The summed E-state index contributed by atoms with van der Waals surface area (Å²) in [6.07, 6.45) is 1.73. The van der Waals surface area contributed by atoms with Crippen molar-refractivity contribution in [1.82, 2.24) is 10.2 Å². The average Bonchev–Trinajstić information content (AvgIpc) is 2.39. The zero-order chi connectivity index (χ0) is 15.6. The molecule has 0 radical (unpaired) electrons. The second-order valence-electron chi connectivity index (χ2n) is 7.11. The molecular formula is C15H27F3N2O. The highest BCUT2D eigenvalue weighted by atomic mass is 19.4. The lowest BCUT2D eigenvalue weighted by molar-refractivity contribution is -0.176. The maximum absolute atomic E-state index is 12.1. The monoisotopic (exact) mass is 308 g/mol. The number of nitrogens with one attached hydrogen (secondary N) is 1. The van der Waals surface area contributed by atoms with Crippen LogP contribution in [-0.2, 0) is 4.74 Å². The fourth-order valence-corrected chi connectivity index (χ4v) is 3.60. The van der Waals surface area contributed by atoms with Crippen molar-refractivity contribution in [2.45, 2.75) is 63.2 Å². The van der Waals surface area contributed by atoms with E-state index in [1.807, 2.05) is 0 Å². The van der Waals surface area contributed by atoms with Crippen LogP contribution in [0.1, 0.15) is 46.0 Å². The summed E-state index contributed by atoms with van der Waals surface area (Å²) in [4.78, 5) is 2.37. The quantitative estimate of drug-likeness (QED) is 0.808. The van der Waals surface area contributed by atoms with Gasteiger partial charge in [0.15, 0.2) is 0 Å². The average molecular weight is 308 g/mol. The summed E-state index contributed by atoms with van der Waals surface area (Å²) >= 11 is 0. The third kappa shape index (κ3) is 4.83. The molecule has 1 aliphatic heterocycles. The number of piperazine rings is 1. The molecule has 1 saturated carbocycles. The van der Waals surface area contributed by atoms with E-state index in [1.165, 1.54) is 19.3 Å². The van der Waals surface area contributed by atoms with Crippen LogP contribution < -0.4 is 5.32 Å². The Hall–Kier alpha value is -0.330. The predicted molar refractivity (Wildman–Crippen MR) is 76.3 cm³/mol. The van der Waals surface area contributed by atoms with Crippen LogP contribution in [0.2, 0.25) is 0 Å². The second kappa shape index (κ2) is 6.42. The molecule has 2 aliphatic rings. The molecule has 1 spiro atoms. The molecule has 0 atom stereocenters. The molecule has 2 rings (SSSR count). The van der Waals surface area contributed by atoms with Gasteiger partial charge in [-0.15, -0.1) is 0 Å². The lowest BCUT2D eigenvalue weighted by Crippen LogP contribution is -2.69. The molecule has 0 amide bonds. The van der Waals surface area contributed by atoms with Gasteiger partial charge in [-0.3, -0.25) is 4.90 Å². The summed E-state index contributed by atoms with van der Waals surface area (Å²) in [6.45, 7) is 5.67. The highest BCUT2D eigenvalue weighted by molar-refractivity contribution is 5.03. The number of halogens is 3. The van der Waals surface area contributed by atoms with E-state index in [0.29, 0.717) is 6.54 Å². The van der Waals surface area contributed by atoms with Crippen LogP contribution in [0.25, 0.3) is 0 Å². The first kappa shape index (κ1) is 17.0. The Morgan fingerprint density at radius 1 is 1.14 bits per heavy atom. The van der Waals surface area contributed by atoms with Crippen molar-refractivity contribution >= 4 is 0 Å². The van der Waals surface area contributed by atoms with Gasteiger partial charge in [0, 0.05) is 30.7 Å². The SMILES string of the molecule is CC1(C)CN(CCOCC(F)(F)F)C2(CCCCC2)CN1. The van der Waals surface area contributed by atoms with Gasteiger partial charge in [0.05, 0.1) is 6.61 Å². The first-order chi connectivity index (χ1) is 9.73. The number of alkyl halides is 3. The molecule has 124 valence electrons. The molecule has 0 bridgehead atoms. The molecule has 21 heavy (non-hydrogen) atoms. The van der Waals surface area contributed by atoms with Crippen molar-refractivity contribution in [3.8, 4) is 0 Å². The van der Waals surface area contributed by atoms with Gasteiger partial charge in [0.25, 0.3) is 0 Å². The molecule has 1 aliphatic carbocycles. The van der Waals surface area contributed by atoms with Crippen molar-refractivity contribution in [1.29, 1.82) is 0 Å². The van der Waals surface area contributed by atoms with Gasteiger partial charge >= 0.3 is 6.18 Å². The number of hydrogen-bond donors (Lipinski definition) is 1. The normalized spacial score (nSPS) is 26.1. The number of ether oxygens (including phenoxy) is 1. The number of hydrogen-bond acceptors (Lipinski definition) is 3.